The SMILES string of the molecule is CC(=O)Nc1ccc(Nc2nc(-c3ccc(N4CCN(C)CC4)cc3)nc3c2ncn3Cc2ccc(C(F)(F)F)cc2)cc1. The summed E-state index contributed by atoms with van der Waals surface area (Å²) < 4.78 is 41.1. The van der Waals surface area contributed by atoms with Crippen molar-refractivity contribution < 1.29 is 18.0 Å². The van der Waals surface area contributed by atoms with Gasteiger partial charge in [0.15, 0.2) is 22.8 Å². The van der Waals surface area contributed by atoms with E-state index >= 15 is 0 Å². The van der Waals surface area contributed by atoms with E-state index in [1.165, 1.54) is 19.1 Å². The number of carbonyl (C=O) groups is 1. The highest BCUT2D eigenvalue weighted by atomic mass is 19.4. The molecule has 0 aliphatic carbocycles. The van der Waals surface area contributed by atoms with Gasteiger partial charge in [-0.1, -0.05) is 12.1 Å². The summed E-state index contributed by atoms with van der Waals surface area (Å²) in [6.07, 6.45) is -2.79. The fourth-order valence-corrected chi connectivity index (χ4v) is 5.13. The van der Waals surface area contributed by atoms with Crippen LogP contribution in [0.4, 0.5) is 36.1 Å². The van der Waals surface area contributed by atoms with Gasteiger partial charge in [0.05, 0.1) is 18.4 Å². The maximum atomic E-state index is 13.1. The highest BCUT2D eigenvalue weighted by Gasteiger charge is 2.30. The zero-order valence-corrected chi connectivity index (χ0v) is 24.3. The van der Waals surface area contributed by atoms with Crippen molar-refractivity contribution in [2.45, 2.75) is 19.6 Å². The maximum Gasteiger partial charge on any atom is 0.416 e. The normalized spacial score (nSPS) is 14.2. The molecule has 1 amide bonds. The van der Waals surface area contributed by atoms with E-state index in [4.69, 9.17) is 9.97 Å². The average molecular weight is 601 g/mol. The number of likely N-dealkylation sites (N-methyl/N-ethyl adjacent to an activating group) is 1. The molecule has 12 heteroatoms. The van der Waals surface area contributed by atoms with E-state index in [1.807, 2.05) is 24.3 Å². The molecular weight excluding hydrogens is 569 g/mol. The van der Waals surface area contributed by atoms with E-state index in [2.05, 4.69) is 44.6 Å². The molecule has 44 heavy (non-hydrogen) atoms. The van der Waals surface area contributed by atoms with Crippen LogP contribution in [0.25, 0.3) is 22.6 Å². The molecule has 6 rings (SSSR count). The summed E-state index contributed by atoms with van der Waals surface area (Å²) in [4.78, 5) is 30.3. The van der Waals surface area contributed by atoms with E-state index in [-0.39, 0.29) is 12.5 Å². The number of benzene rings is 3. The smallest absolute Gasteiger partial charge is 0.369 e. The number of nitrogens with zero attached hydrogens (tertiary/aromatic N) is 6. The lowest BCUT2D eigenvalue weighted by Crippen LogP contribution is -2.44. The molecule has 0 saturated carbocycles. The standard InChI is InChI=1S/C32H31F3N8O/c1-21(44)37-25-9-11-26(12-10-25)38-30-28-31(43(20-36-28)19-22-3-7-24(8-4-22)32(33,34)35)40-29(39-30)23-5-13-27(14-6-23)42-17-15-41(2)16-18-42/h3-14,20H,15-19H2,1-2H3,(H,37,44)(H,38,39,40). The third-order valence-electron chi connectivity index (χ3n) is 7.56. The number of carbonyl (C=O) groups excluding carboxylic acids is 1. The van der Waals surface area contributed by atoms with Gasteiger partial charge in [-0.2, -0.15) is 13.2 Å². The number of hydrogen-bond donors (Lipinski definition) is 2. The summed E-state index contributed by atoms with van der Waals surface area (Å²) in [6, 6.07) is 20.4. The Morgan fingerprint density at radius 1 is 0.864 bits per heavy atom. The largest absolute Gasteiger partial charge is 0.416 e. The Bertz CT molecular complexity index is 1760. The van der Waals surface area contributed by atoms with Crippen LogP contribution in [0.15, 0.2) is 79.1 Å². The van der Waals surface area contributed by atoms with Crippen molar-refractivity contribution >= 4 is 40.0 Å². The second-order valence-corrected chi connectivity index (χ2v) is 10.9. The number of halogens is 3. The molecule has 0 bridgehead atoms. The lowest BCUT2D eigenvalue weighted by atomic mass is 10.1. The molecule has 0 unspecified atom stereocenters. The van der Waals surface area contributed by atoms with Crippen molar-refractivity contribution in [1.29, 1.82) is 0 Å². The molecule has 2 N–H and O–H groups in total. The first-order valence-corrected chi connectivity index (χ1v) is 14.2. The fraction of sp³-hybridized carbons (Fsp3) is 0.250. The van der Waals surface area contributed by atoms with Crippen LogP contribution in [-0.2, 0) is 17.5 Å². The van der Waals surface area contributed by atoms with Crippen molar-refractivity contribution in [3.63, 3.8) is 0 Å². The molecule has 3 heterocycles. The first-order valence-electron chi connectivity index (χ1n) is 14.2. The van der Waals surface area contributed by atoms with Crippen LogP contribution in [0.1, 0.15) is 18.1 Å². The summed E-state index contributed by atoms with van der Waals surface area (Å²) >= 11 is 0. The zero-order valence-electron chi connectivity index (χ0n) is 24.3. The molecule has 0 spiro atoms. The van der Waals surface area contributed by atoms with Gasteiger partial charge in [-0.15, -0.1) is 0 Å². The van der Waals surface area contributed by atoms with Gasteiger partial charge in [-0.25, -0.2) is 15.0 Å². The van der Waals surface area contributed by atoms with Gasteiger partial charge < -0.3 is 25.0 Å². The molecule has 1 fully saturated rings. The van der Waals surface area contributed by atoms with Crippen molar-refractivity contribution in [3.8, 4) is 11.4 Å². The van der Waals surface area contributed by atoms with E-state index in [9.17, 15) is 18.0 Å². The predicted octanol–water partition coefficient (Wildman–Crippen LogP) is 6.01. The number of imidazole rings is 1. The second kappa shape index (κ2) is 12.0. The van der Waals surface area contributed by atoms with Gasteiger partial charge in [0.2, 0.25) is 5.91 Å². The molecule has 1 aliphatic rings. The fourth-order valence-electron chi connectivity index (χ4n) is 5.13. The first kappa shape index (κ1) is 29.1. The minimum Gasteiger partial charge on any atom is -0.369 e. The third-order valence-corrected chi connectivity index (χ3v) is 7.56. The number of piperazine rings is 1. The Morgan fingerprint density at radius 2 is 1.52 bits per heavy atom. The molecule has 2 aromatic heterocycles. The van der Waals surface area contributed by atoms with E-state index in [0.717, 1.165) is 55.2 Å². The average Bonchev–Trinajstić information content (AvgIpc) is 3.41. The lowest BCUT2D eigenvalue weighted by Gasteiger charge is -2.34. The molecule has 0 atom stereocenters. The van der Waals surface area contributed by atoms with Crippen molar-refractivity contribution in [2.75, 3.05) is 48.8 Å². The van der Waals surface area contributed by atoms with Gasteiger partial charge in [0.25, 0.3) is 0 Å². The molecular formula is C32H31F3N8O. The van der Waals surface area contributed by atoms with Crippen LogP contribution in [-0.4, -0.2) is 63.6 Å². The van der Waals surface area contributed by atoms with Crippen LogP contribution < -0.4 is 15.5 Å². The van der Waals surface area contributed by atoms with Crippen LogP contribution in [0.5, 0.6) is 0 Å². The summed E-state index contributed by atoms with van der Waals surface area (Å²) in [5, 5.41) is 6.08. The number of fused-ring (bicyclic) bond motifs is 1. The Hall–Kier alpha value is -4.97. The van der Waals surface area contributed by atoms with Crippen molar-refractivity contribution in [2.24, 2.45) is 0 Å². The Balaban J connectivity index is 1.34. The van der Waals surface area contributed by atoms with Crippen LogP contribution >= 0.6 is 0 Å². The molecule has 1 saturated heterocycles. The first-order chi connectivity index (χ1) is 21.1. The molecule has 5 aromatic rings. The van der Waals surface area contributed by atoms with E-state index < -0.39 is 11.7 Å². The minimum absolute atomic E-state index is 0.162. The molecule has 1 aliphatic heterocycles. The number of rotatable bonds is 7. The molecule has 0 radical (unpaired) electrons. The Labute approximate surface area is 252 Å². The van der Waals surface area contributed by atoms with E-state index in [1.54, 1.807) is 23.0 Å². The van der Waals surface area contributed by atoms with Crippen LogP contribution in [0, 0.1) is 0 Å². The summed E-state index contributed by atoms with van der Waals surface area (Å²) in [6.45, 7) is 5.64. The monoisotopic (exact) mass is 600 g/mol. The number of anilines is 4. The van der Waals surface area contributed by atoms with E-state index in [0.29, 0.717) is 34.1 Å². The van der Waals surface area contributed by atoms with Crippen LogP contribution in [0.3, 0.4) is 0 Å². The quantitative estimate of drug-likeness (QED) is 0.236. The highest BCUT2D eigenvalue weighted by molar-refractivity contribution is 5.90. The minimum atomic E-state index is -4.40. The van der Waals surface area contributed by atoms with Gasteiger partial charge in [0.1, 0.15) is 0 Å². The topological polar surface area (TPSA) is 91.2 Å². The number of aromatic nitrogens is 4. The van der Waals surface area contributed by atoms with Crippen LogP contribution in [0.2, 0.25) is 0 Å². The number of alkyl halides is 3. The third kappa shape index (κ3) is 6.50. The number of hydrogen-bond acceptors (Lipinski definition) is 7. The lowest BCUT2D eigenvalue weighted by molar-refractivity contribution is -0.137. The maximum absolute atomic E-state index is 13.1. The predicted molar refractivity (Wildman–Crippen MR) is 165 cm³/mol. The number of nitrogens with one attached hydrogen (secondary N) is 2. The van der Waals surface area contributed by atoms with Crippen molar-refractivity contribution in [3.05, 3.63) is 90.3 Å². The molecule has 3 aromatic carbocycles. The van der Waals surface area contributed by atoms with Gasteiger partial charge in [-0.05, 0) is 73.3 Å². The Morgan fingerprint density at radius 3 is 2.16 bits per heavy atom. The highest BCUT2D eigenvalue weighted by Crippen LogP contribution is 2.31. The number of amides is 1. The zero-order chi connectivity index (χ0) is 30.8. The summed E-state index contributed by atoms with van der Waals surface area (Å²) in [5.41, 5.74) is 4.38. The molecule has 9 nitrogen and oxygen atoms in total. The van der Waals surface area contributed by atoms with Crippen molar-refractivity contribution in [1.82, 2.24) is 24.4 Å². The van der Waals surface area contributed by atoms with Gasteiger partial charge in [0, 0.05) is 55.7 Å². The summed E-state index contributed by atoms with van der Waals surface area (Å²) in [5.74, 6) is 0.797. The Kier molecular flexibility index (Phi) is 7.92. The second-order valence-electron chi connectivity index (χ2n) is 10.9. The van der Waals surface area contributed by atoms with Gasteiger partial charge in [-0.3, -0.25) is 4.79 Å². The molecule has 226 valence electrons. The summed E-state index contributed by atoms with van der Waals surface area (Å²) in [7, 11) is 2.12. The van der Waals surface area contributed by atoms with Gasteiger partial charge >= 0.3 is 6.18 Å².